The van der Waals surface area contributed by atoms with Crippen molar-refractivity contribution in [3.05, 3.63) is 64.3 Å². The highest BCUT2D eigenvalue weighted by Gasteiger charge is 2.18. The summed E-state index contributed by atoms with van der Waals surface area (Å²) in [6.07, 6.45) is 2.44. The smallest absolute Gasteiger partial charge is 0.270 e. The van der Waals surface area contributed by atoms with Gasteiger partial charge in [0.25, 0.3) is 5.91 Å². The van der Waals surface area contributed by atoms with E-state index in [0.717, 1.165) is 61.0 Å². The fourth-order valence-corrected chi connectivity index (χ4v) is 4.24. The van der Waals surface area contributed by atoms with E-state index in [1.54, 1.807) is 22.7 Å². The number of benzene rings is 1. The van der Waals surface area contributed by atoms with Crippen LogP contribution in [0, 0.1) is 0 Å². The molecule has 5 rings (SSSR count). The van der Waals surface area contributed by atoms with Crippen molar-refractivity contribution in [2.24, 2.45) is 0 Å². The van der Waals surface area contributed by atoms with Gasteiger partial charge in [-0.3, -0.25) is 14.1 Å². The molecule has 32 heavy (non-hydrogen) atoms. The maximum Gasteiger partial charge on any atom is 0.270 e. The molecule has 0 saturated carbocycles. The van der Waals surface area contributed by atoms with E-state index in [9.17, 15) is 4.79 Å². The van der Waals surface area contributed by atoms with Crippen LogP contribution in [0.25, 0.3) is 16.7 Å². The van der Waals surface area contributed by atoms with Crippen molar-refractivity contribution in [3.63, 3.8) is 0 Å². The third-order valence-electron chi connectivity index (χ3n) is 5.74. The predicted molar refractivity (Wildman–Crippen MR) is 123 cm³/mol. The summed E-state index contributed by atoms with van der Waals surface area (Å²) in [6, 6.07) is 9.55. The number of pyridine rings is 1. The van der Waals surface area contributed by atoms with Crippen molar-refractivity contribution in [3.8, 4) is 0 Å². The summed E-state index contributed by atoms with van der Waals surface area (Å²) in [6.45, 7) is 6.55. The van der Waals surface area contributed by atoms with Crippen LogP contribution in [0.15, 0.2) is 36.5 Å². The summed E-state index contributed by atoms with van der Waals surface area (Å²) in [5.41, 5.74) is 4.87. The van der Waals surface area contributed by atoms with Gasteiger partial charge in [0.1, 0.15) is 17.2 Å². The number of imidazole rings is 2. The minimum Gasteiger partial charge on any atom is -0.379 e. The first-order valence-corrected chi connectivity index (χ1v) is 11.2. The topological polar surface area (TPSA) is 87.6 Å². The van der Waals surface area contributed by atoms with E-state index in [0.29, 0.717) is 29.3 Å². The van der Waals surface area contributed by atoms with Gasteiger partial charge < -0.3 is 15.0 Å². The zero-order chi connectivity index (χ0) is 22.1. The quantitative estimate of drug-likeness (QED) is 0.469. The third kappa shape index (κ3) is 4.21. The number of aryl methyl sites for hydroxylation is 1. The Hall–Kier alpha value is -2.94. The Balaban J connectivity index is 1.30. The molecule has 0 atom stereocenters. The lowest BCUT2D eigenvalue weighted by Crippen LogP contribution is -2.35. The van der Waals surface area contributed by atoms with E-state index in [1.807, 2.05) is 25.1 Å². The summed E-state index contributed by atoms with van der Waals surface area (Å²) >= 11 is 6.08. The van der Waals surface area contributed by atoms with E-state index in [1.165, 1.54) is 0 Å². The summed E-state index contributed by atoms with van der Waals surface area (Å²) in [5, 5.41) is 3.63. The number of carbonyl (C=O) groups excluding carboxylic acids is 1. The monoisotopic (exact) mass is 452 g/mol. The molecule has 1 aliphatic rings. The minimum absolute atomic E-state index is 0.158. The van der Waals surface area contributed by atoms with Gasteiger partial charge in [0.2, 0.25) is 0 Å². The van der Waals surface area contributed by atoms with Crippen molar-refractivity contribution in [1.82, 2.24) is 29.6 Å². The second-order valence-electron chi connectivity index (χ2n) is 7.94. The Kier molecular flexibility index (Phi) is 5.82. The first-order chi connectivity index (χ1) is 15.6. The number of aromatic amines is 1. The molecule has 8 nitrogen and oxygen atoms in total. The van der Waals surface area contributed by atoms with E-state index < -0.39 is 0 Å². The molecule has 2 N–H and O–H groups in total. The van der Waals surface area contributed by atoms with Crippen molar-refractivity contribution in [2.75, 3.05) is 26.3 Å². The highest BCUT2D eigenvalue weighted by Crippen LogP contribution is 2.19. The lowest BCUT2D eigenvalue weighted by atomic mass is 10.2. The number of halogens is 1. The van der Waals surface area contributed by atoms with Crippen LogP contribution in [0.5, 0.6) is 0 Å². The molecule has 9 heteroatoms. The number of nitrogens with zero attached hydrogens (tertiary/aromatic N) is 4. The molecule has 1 aromatic carbocycles. The van der Waals surface area contributed by atoms with Gasteiger partial charge in [-0.1, -0.05) is 24.6 Å². The Morgan fingerprint density at radius 1 is 1.22 bits per heavy atom. The van der Waals surface area contributed by atoms with Crippen LogP contribution in [0.1, 0.15) is 34.5 Å². The number of hydrogen-bond acceptors (Lipinski definition) is 5. The van der Waals surface area contributed by atoms with E-state index in [4.69, 9.17) is 21.3 Å². The number of amides is 1. The Labute approximate surface area is 190 Å². The number of carbonyl (C=O) groups is 1. The number of fused-ring (bicyclic) bond motifs is 2. The van der Waals surface area contributed by atoms with E-state index in [-0.39, 0.29) is 5.91 Å². The molecular formula is C23H25ClN6O2. The average molecular weight is 453 g/mol. The summed E-state index contributed by atoms with van der Waals surface area (Å²) in [7, 11) is 0. The van der Waals surface area contributed by atoms with Crippen LogP contribution in [-0.2, 0) is 24.2 Å². The number of ether oxygens (including phenoxy) is 1. The average Bonchev–Trinajstić information content (AvgIpc) is 3.37. The third-order valence-corrected chi connectivity index (χ3v) is 5.97. The molecule has 0 aliphatic carbocycles. The van der Waals surface area contributed by atoms with Crippen molar-refractivity contribution >= 4 is 34.2 Å². The normalized spacial score (nSPS) is 14.9. The van der Waals surface area contributed by atoms with Gasteiger partial charge in [0.15, 0.2) is 0 Å². The zero-order valence-corrected chi connectivity index (χ0v) is 18.7. The van der Waals surface area contributed by atoms with Gasteiger partial charge in [-0.15, -0.1) is 0 Å². The highest BCUT2D eigenvalue weighted by atomic mass is 35.5. The summed E-state index contributed by atoms with van der Waals surface area (Å²) in [5.74, 6) is 0.787. The molecule has 4 heterocycles. The number of hydrogen-bond donors (Lipinski definition) is 2. The molecule has 0 spiro atoms. The molecule has 1 saturated heterocycles. The molecule has 0 unspecified atom stereocenters. The van der Waals surface area contributed by atoms with E-state index >= 15 is 0 Å². The number of rotatable bonds is 6. The molecule has 166 valence electrons. The predicted octanol–water partition coefficient (Wildman–Crippen LogP) is 3.19. The van der Waals surface area contributed by atoms with Gasteiger partial charge in [0.05, 0.1) is 36.5 Å². The fourth-order valence-electron chi connectivity index (χ4n) is 4.09. The molecule has 4 aromatic rings. The zero-order valence-electron chi connectivity index (χ0n) is 17.9. The van der Waals surface area contributed by atoms with Crippen molar-refractivity contribution in [2.45, 2.75) is 26.4 Å². The van der Waals surface area contributed by atoms with Gasteiger partial charge in [-0.2, -0.15) is 0 Å². The standard InChI is InChI=1S/C23H25ClN6O2/c1-2-17-22(30-6-5-16(24)12-21(30)28-17)23(31)25-13-15-3-4-18-19(11-15)27-20(26-18)14-29-7-9-32-10-8-29/h3-6,11-12H,2,7-10,13-14H2,1H3,(H,25,31)(H,26,27). The molecule has 0 radical (unpaired) electrons. The summed E-state index contributed by atoms with van der Waals surface area (Å²) < 4.78 is 7.20. The maximum absolute atomic E-state index is 13.0. The minimum atomic E-state index is -0.158. The maximum atomic E-state index is 13.0. The molecule has 1 amide bonds. The second kappa shape index (κ2) is 8.90. The molecule has 1 fully saturated rings. The van der Waals surface area contributed by atoms with Gasteiger partial charge >= 0.3 is 0 Å². The van der Waals surface area contributed by atoms with Crippen molar-refractivity contribution in [1.29, 1.82) is 0 Å². The van der Waals surface area contributed by atoms with Crippen LogP contribution in [0.3, 0.4) is 0 Å². The molecular weight excluding hydrogens is 428 g/mol. The molecule has 0 bridgehead atoms. The van der Waals surface area contributed by atoms with Crippen LogP contribution in [-0.4, -0.2) is 56.5 Å². The van der Waals surface area contributed by atoms with Crippen LogP contribution in [0.4, 0.5) is 0 Å². The number of H-pyrrole nitrogens is 1. The molecule has 1 aliphatic heterocycles. The van der Waals surface area contributed by atoms with Crippen LogP contribution >= 0.6 is 11.6 Å². The lowest BCUT2D eigenvalue weighted by molar-refractivity contribution is 0.0332. The van der Waals surface area contributed by atoms with Gasteiger partial charge in [-0.25, -0.2) is 9.97 Å². The number of morpholine rings is 1. The van der Waals surface area contributed by atoms with Gasteiger partial charge in [-0.05, 0) is 30.2 Å². The largest absolute Gasteiger partial charge is 0.379 e. The van der Waals surface area contributed by atoms with Crippen molar-refractivity contribution < 1.29 is 9.53 Å². The SMILES string of the molecule is CCc1nc2cc(Cl)ccn2c1C(=O)NCc1ccc2nc(CN3CCOCC3)[nH]c2c1. The van der Waals surface area contributed by atoms with Crippen LogP contribution in [0.2, 0.25) is 5.02 Å². The second-order valence-corrected chi connectivity index (χ2v) is 8.38. The van der Waals surface area contributed by atoms with Crippen LogP contribution < -0.4 is 5.32 Å². The Morgan fingerprint density at radius 2 is 2.06 bits per heavy atom. The molecule has 3 aromatic heterocycles. The number of nitrogens with one attached hydrogen (secondary N) is 2. The first-order valence-electron chi connectivity index (χ1n) is 10.8. The summed E-state index contributed by atoms with van der Waals surface area (Å²) in [4.78, 5) is 28.0. The fraction of sp³-hybridized carbons (Fsp3) is 0.348. The highest BCUT2D eigenvalue weighted by molar-refractivity contribution is 6.30. The number of aromatic nitrogens is 4. The Bertz CT molecular complexity index is 1270. The van der Waals surface area contributed by atoms with E-state index in [2.05, 4.69) is 20.2 Å². The first kappa shape index (κ1) is 20.9. The van der Waals surface area contributed by atoms with Gasteiger partial charge in [0, 0.05) is 36.9 Å². The lowest BCUT2D eigenvalue weighted by Gasteiger charge is -2.25. The Morgan fingerprint density at radius 3 is 2.88 bits per heavy atom.